The number of carbonyl (C=O) groups excluding carboxylic acids is 2. The minimum absolute atomic E-state index is 0.128. The van der Waals surface area contributed by atoms with Gasteiger partial charge in [-0.2, -0.15) is 0 Å². The molecule has 0 saturated carbocycles. The second kappa shape index (κ2) is 9.00. The second-order valence-electron chi connectivity index (χ2n) is 6.22. The fraction of sp³-hybridized carbons (Fsp3) is 0.529. The van der Waals surface area contributed by atoms with Crippen LogP contribution in [0.15, 0.2) is 24.3 Å². The van der Waals surface area contributed by atoms with Gasteiger partial charge in [0.15, 0.2) is 0 Å². The van der Waals surface area contributed by atoms with Crippen molar-refractivity contribution in [3.8, 4) is 5.75 Å². The predicted molar refractivity (Wildman–Crippen MR) is 89.8 cm³/mol. The molecule has 1 aromatic carbocycles. The quantitative estimate of drug-likeness (QED) is 0.833. The molecule has 0 aromatic heterocycles. The third-order valence-corrected chi connectivity index (χ3v) is 2.86. The molecule has 0 fully saturated rings. The number of nitrogens with zero attached hydrogens (tertiary/aromatic N) is 1. The van der Waals surface area contributed by atoms with E-state index in [-0.39, 0.29) is 32.0 Å². The maximum atomic E-state index is 12.0. The Kier molecular flexibility index (Phi) is 7.35. The van der Waals surface area contributed by atoms with Gasteiger partial charge in [0, 0.05) is 19.6 Å². The van der Waals surface area contributed by atoms with Crippen LogP contribution in [0.5, 0.6) is 5.75 Å². The molecule has 7 heteroatoms. The van der Waals surface area contributed by atoms with Gasteiger partial charge in [0.25, 0.3) is 0 Å². The van der Waals surface area contributed by atoms with Gasteiger partial charge in [-0.25, -0.2) is 9.59 Å². The Balaban J connectivity index is 2.60. The summed E-state index contributed by atoms with van der Waals surface area (Å²) in [5.74, 6) is 0.128. The molecule has 2 amide bonds. The van der Waals surface area contributed by atoms with Crippen LogP contribution in [0.3, 0.4) is 0 Å². The molecule has 0 aliphatic heterocycles. The summed E-state index contributed by atoms with van der Waals surface area (Å²) in [6, 6.07) is 6.63. The number of phenols is 1. The van der Waals surface area contributed by atoms with E-state index >= 15 is 0 Å². The van der Waals surface area contributed by atoms with Gasteiger partial charge in [-0.15, -0.1) is 0 Å². The van der Waals surface area contributed by atoms with Gasteiger partial charge < -0.3 is 24.8 Å². The molecular weight excluding hydrogens is 312 g/mol. The zero-order valence-corrected chi connectivity index (χ0v) is 14.7. The maximum absolute atomic E-state index is 12.0. The molecule has 0 atom stereocenters. The number of nitrogens with one attached hydrogen (secondary N) is 1. The smallest absolute Gasteiger partial charge is 0.410 e. The second-order valence-corrected chi connectivity index (χ2v) is 6.22. The Hall–Kier alpha value is -2.44. The number of benzene rings is 1. The van der Waals surface area contributed by atoms with Gasteiger partial charge in [-0.1, -0.05) is 12.1 Å². The van der Waals surface area contributed by atoms with Crippen molar-refractivity contribution in [2.75, 3.05) is 19.7 Å². The topological polar surface area (TPSA) is 88.1 Å². The van der Waals surface area contributed by atoms with Gasteiger partial charge in [0.2, 0.25) is 0 Å². The van der Waals surface area contributed by atoms with Crippen molar-refractivity contribution >= 4 is 12.2 Å². The number of hydrogen-bond acceptors (Lipinski definition) is 5. The van der Waals surface area contributed by atoms with Crippen molar-refractivity contribution in [1.29, 1.82) is 0 Å². The lowest BCUT2D eigenvalue weighted by Crippen LogP contribution is -2.40. The van der Waals surface area contributed by atoms with Crippen LogP contribution in [-0.4, -0.2) is 47.5 Å². The van der Waals surface area contributed by atoms with E-state index in [9.17, 15) is 14.7 Å². The predicted octanol–water partition coefficient (Wildman–Crippen LogP) is 2.88. The van der Waals surface area contributed by atoms with Crippen LogP contribution in [-0.2, 0) is 16.0 Å². The van der Waals surface area contributed by atoms with Crippen LogP contribution < -0.4 is 5.32 Å². The Labute approximate surface area is 142 Å². The number of hydrogen-bond donors (Lipinski definition) is 2. The highest BCUT2D eigenvalue weighted by Crippen LogP contribution is 2.13. The molecule has 2 N–H and O–H groups in total. The standard InChI is InChI=1S/C17H26N2O5/c1-5-23-16(22)19(12-13-7-6-8-14(20)11-13)10-9-18-15(21)24-17(2,3)4/h6-8,11,20H,5,9-10,12H2,1-4H3,(H,18,21). The first kappa shape index (κ1) is 19.6. The van der Waals surface area contributed by atoms with Gasteiger partial charge in [0.1, 0.15) is 11.4 Å². The maximum Gasteiger partial charge on any atom is 0.410 e. The van der Waals surface area contributed by atoms with Gasteiger partial charge in [-0.3, -0.25) is 0 Å². The van der Waals surface area contributed by atoms with Gasteiger partial charge in [-0.05, 0) is 45.4 Å². The molecule has 0 unspecified atom stereocenters. The SMILES string of the molecule is CCOC(=O)N(CCNC(=O)OC(C)(C)C)Cc1cccc(O)c1. The van der Waals surface area contributed by atoms with E-state index in [0.29, 0.717) is 0 Å². The van der Waals surface area contributed by atoms with Crippen molar-refractivity contribution in [1.82, 2.24) is 10.2 Å². The van der Waals surface area contributed by atoms with E-state index in [0.717, 1.165) is 5.56 Å². The van der Waals surface area contributed by atoms with Crippen LogP contribution in [0.4, 0.5) is 9.59 Å². The lowest BCUT2D eigenvalue weighted by atomic mass is 10.2. The lowest BCUT2D eigenvalue weighted by molar-refractivity contribution is 0.0516. The highest BCUT2D eigenvalue weighted by atomic mass is 16.6. The third kappa shape index (κ3) is 7.71. The fourth-order valence-electron chi connectivity index (χ4n) is 1.93. The van der Waals surface area contributed by atoms with Gasteiger partial charge in [0.05, 0.1) is 6.61 Å². The molecule has 24 heavy (non-hydrogen) atoms. The number of amides is 2. The van der Waals surface area contributed by atoms with Crippen LogP contribution in [0.1, 0.15) is 33.3 Å². The van der Waals surface area contributed by atoms with Crippen molar-refractivity contribution in [3.05, 3.63) is 29.8 Å². The summed E-state index contributed by atoms with van der Waals surface area (Å²) in [4.78, 5) is 25.1. The first-order valence-electron chi connectivity index (χ1n) is 7.87. The number of alkyl carbamates (subject to hydrolysis) is 1. The van der Waals surface area contributed by atoms with Crippen LogP contribution >= 0.6 is 0 Å². The van der Waals surface area contributed by atoms with Crippen molar-refractivity contribution < 1.29 is 24.2 Å². The monoisotopic (exact) mass is 338 g/mol. The average molecular weight is 338 g/mol. The van der Waals surface area contributed by atoms with E-state index in [1.54, 1.807) is 52.0 Å². The van der Waals surface area contributed by atoms with Gasteiger partial charge >= 0.3 is 12.2 Å². The molecule has 0 bridgehead atoms. The summed E-state index contributed by atoms with van der Waals surface area (Å²) in [7, 11) is 0. The summed E-state index contributed by atoms with van der Waals surface area (Å²) < 4.78 is 10.2. The van der Waals surface area contributed by atoms with Crippen LogP contribution in [0, 0.1) is 0 Å². The Morgan fingerprint density at radius 2 is 2.00 bits per heavy atom. The van der Waals surface area contributed by atoms with Crippen molar-refractivity contribution in [2.24, 2.45) is 0 Å². The molecule has 0 saturated heterocycles. The van der Waals surface area contributed by atoms with E-state index in [1.807, 2.05) is 0 Å². The van der Waals surface area contributed by atoms with E-state index < -0.39 is 17.8 Å². The molecule has 0 aliphatic carbocycles. The number of carbonyl (C=O) groups is 2. The number of phenolic OH excluding ortho intramolecular Hbond substituents is 1. The largest absolute Gasteiger partial charge is 0.508 e. The third-order valence-electron chi connectivity index (χ3n) is 2.86. The molecule has 0 aliphatic rings. The molecule has 134 valence electrons. The average Bonchev–Trinajstić information content (AvgIpc) is 2.44. The molecule has 1 rings (SSSR count). The summed E-state index contributed by atoms with van der Waals surface area (Å²) >= 11 is 0. The highest BCUT2D eigenvalue weighted by Gasteiger charge is 2.18. The normalized spacial score (nSPS) is 10.8. The zero-order valence-electron chi connectivity index (χ0n) is 14.7. The lowest BCUT2D eigenvalue weighted by Gasteiger charge is -2.23. The minimum Gasteiger partial charge on any atom is -0.508 e. The molecule has 0 heterocycles. The summed E-state index contributed by atoms with van der Waals surface area (Å²) in [5, 5.41) is 12.1. The van der Waals surface area contributed by atoms with Crippen LogP contribution in [0.25, 0.3) is 0 Å². The highest BCUT2D eigenvalue weighted by molar-refractivity contribution is 5.69. The Bertz CT molecular complexity index is 554. The summed E-state index contributed by atoms with van der Waals surface area (Å²) in [5.41, 5.74) is 0.187. The molecule has 1 aromatic rings. The minimum atomic E-state index is -0.577. The van der Waals surface area contributed by atoms with Crippen molar-refractivity contribution in [2.45, 2.75) is 39.8 Å². The first-order valence-corrected chi connectivity index (χ1v) is 7.87. The molecule has 0 spiro atoms. The van der Waals surface area contributed by atoms with Crippen LogP contribution in [0.2, 0.25) is 0 Å². The van der Waals surface area contributed by atoms with Crippen molar-refractivity contribution in [3.63, 3.8) is 0 Å². The number of rotatable bonds is 6. The molecule has 7 nitrogen and oxygen atoms in total. The van der Waals surface area contributed by atoms with E-state index in [4.69, 9.17) is 9.47 Å². The Morgan fingerprint density at radius 3 is 2.58 bits per heavy atom. The molecular formula is C17H26N2O5. The molecule has 0 radical (unpaired) electrons. The number of ether oxygens (including phenoxy) is 2. The fourth-order valence-corrected chi connectivity index (χ4v) is 1.93. The Morgan fingerprint density at radius 1 is 1.29 bits per heavy atom. The zero-order chi connectivity index (χ0) is 18.2. The number of aromatic hydroxyl groups is 1. The van der Waals surface area contributed by atoms with E-state index in [2.05, 4.69) is 5.32 Å². The summed E-state index contributed by atoms with van der Waals surface area (Å²) in [6.45, 7) is 8.07. The van der Waals surface area contributed by atoms with E-state index in [1.165, 1.54) is 4.90 Å². The summed E-state index contributed by atoms with van der Waals surface area (Å²) in [6.07, 6.45) is -1.02. The first-order chi connectivity index (χ1) is 11.2.